The zero-order valence-corrected chi connectivity index (χ0v) is 20.0. The number of methoxy groups -OCH3 is 2. The van der Waals surface area contributed by atoms with E-state index in [-0.39, 0.29) is 11.9 Å². The molecule has 182 valence electrons. The molecule has 1 atom stereocenters. The van der Waals surface area contributed by atoms with Gasteiger partial charge in [0.05, 0.1) is 14.2 Å². The zero-order chi connectivity index (χ0) is 24.6. The number of nitrogens with zero attached hydrogens (tertiary/aromatic N) is 2. The summed E-state index contributed by atoms with van der Waals surface area (Å²) in [6, 6.07) is 16.3. The predicted molar refractivity (Wildman–Crippen MR) is 132 cm³/mol. The summed E-state index contributed by atoms with van der Waals surface area (Å²) in [5, 5.41) is 5.90. The molecule has 0 spiro atoms. The Morgan fingerprint density at radius 3 is 2.34 bits per heavy atom. The minimum Gasteiger partial charge on any atom is -0.493 e. The highest BCUT2D eigenvalue weighted by molar-refractivity contribution is 5.87. The smallest absolute Gasteiger partial charge is 0.318 e. The van der Waals surface area contributed by atoms with Crippen LogP contribution >= 0.6 is 0 Å². The van der Waals surface area contributed by atoms with Crippen LogP contribution < -0.4 is 20.1 Å². The summed E-state index contributed by atoms with van der Waals surface area (Å²) < 4.78 is 10.8. The minimum atomic E-state index is -0.710. The first-order valence-corrected chi connectivity index (χ1v) is 11.6. The topological polar surface area (TPSA) is 92.8 Å². The highest BCUT2D eigenvalue weighted by Crippen LogP contribution is 2.33. The summed E-state index contributed by atoms with van der Waals surface area (Å²) >= 11 is 0. The van der Waals surface area contributed by atoms with Gasteiger partial charge in [0.2, 0.25) is 5.91 Å². The van der Waals surface area contributed by atoms with E-state index < -0.39 is 6.04 Å². The summed E-state index contributed by atoms with van der Waals surface area (Å²) in [6.07, 6.45) is 4.46. The lowest BCUT2D eigenvalue weighted by atomic mass is 9.99. The van der Waals surface area contributed by atoms with Crippen LogP contribution in [0.25, 0.3) is 0 Å². The summed E-state index contributed by atoms with van der Waals surface area (Å²) in [7, 11) is 3.20. The summed E-state index contributed by atoms with van der Waals surface area (Å²) in [5.41, 5.74) is 4.04. The molecule has 0 bridgehead atoms. The van der Waals surface area contributed by atoms with E-state index in [4.69, 9.17) is 9.47 Å². The average Bonchev–Trinajstić information content (AvgIpc) is 2.91. The first-order chi connectivity index (χ1) is 17.1. The van der Waals surface area contributed by atoms with E-state index >= 15 is 0 Å². The average molecular weight is 475 g/mol. The lowest BCUT2D eigenvalue weighted by Crippen LogP contribution is -2.52. The quantitative estimate of drug-likeness (QED) is 0.523. The van der Waals surface area contributed by atoms with Gasteiger partial charge < -0.3 is 25.0 Å². The molecular weight excluding hydrogens is 444 g/mol. The van der Waals surface area contributed by atoms with E-state index in [0.717, 1.165) is 22.3 Å². The minimum absolute atomic E-state index is 0.233. The lowest BCUT2D eigenvalue weighted by Gasteiger charge is -2.31. The Morgan fingerprint density at radius 2 is 1.66 bits per heavy atom. The van der Waals surface area contributed by atoms with Crippen molar-refractivity contribution in [3.05, 3.63) is 89.2 Å². The second-order valence-electron chi connectivity index (χ2n) is 8.41. The van der Waals surface area contributed by atoms with Gasteiger partial charge in [0.25, 0.3) is 0 Å². The first-order valence-electron chi connectivity index (χ1n) is 11.6. The highest BCUT2D eigenvalue weighted by atomic mass is 16.5. The van der Waals surface area contributed by atoms with Crippen molar-refractivity contribution in [1.29, 1.82) is 0 Å². The molecule has 0 saturated carbocycles. The highest BCUT2D eigenvalue weighted by Gasteiger charge is 2.27. The van der Waals surface area contributed by atoms with Crippen LogP contribution in [0.5, 0.6) is 11.5 Å². The molecular formula is C27H30N4O4. The number of benzene rings is 2. The molecule has 0 aliphatic carbocycles. The fraction of sp³-hybridized carbons (Fsp3) is 0.296. The molecule has 2 heterocycles. The third-order valence-corrected chi connectivity index (χ3v) is 6.12. The van der Waals surface area contributed by atoms with Crippen molar-refractivity contribution in [2.75, 3.05) is 20.8 Å². The lowest BCUT2D eigenvalue weighted by molar-refractivity contribution is -0.123. The van der Waals surface area contributed by atoms with Crippen molar-refractivity contribution in [1.82, 2.24) is 20.5 Å². The van der Waals surface area contributed by atoms with Crippen LogP contribution in [0, 0.1) is 0 Å². The van der Waals surface area contributed by atoms with Gasteiger partial charge in [0, 0.05) is 38.4 Å². The van der Waals surface area contributed by atoms with Gasteiger partial charge in [-0.1, -0.05) is 30.3 Å². The van der Waals surface area contributed by atoms with Crippen LogP contribution in [0.4, 0.5) is 4.79 Å². The van der Waals surface area contributed by atoms with E-state index in [0.29, 0.717) is 44.0 Å². The van der Waals surface area contributed by atoms with E-state index in [1.54, 1.807) is 31.5 Å². The van der Waals surface area contributed by atoms with Crippen LogP contribution in [0.1, 0.15) is 22.3 Å². The van der Waals surface area contributed by atoms with E-state index in [1.807, 2.05) is 54.6 Å². The molecule has 0 saturated heterocycles. The fourth-order valence-electron chi connectivity index (χ4n) is 4.17. The Bertz CT molecular complexity index is 1150. The molecule has 2 aromatic carbocycles. The number of ether oxygens (including phenoxy) is 2. The second kappa shape index (κ2) is 11.4. The van der Waals surface area contributed by atoms with Gasteiger partial charge in [-0.2, -0.15) is 0 Å². The number of pyridine rings is 1. The van der Waals surface area contributed by atoms with Crippen molar-refractivity contribution in [3.63, 3.8) is 0 Å². The number of amides is 3. The number of rotatable bonds is 8. The molecule has 1 aliphatic heterocycles. The van der Waals surface area contributed by atoms with Gasteiger partial charge in [0.1, 0.15) is 6.04 Å². The largest absolute Gasteiger partial charge is 0.493 e. The zero-order valence-electron chi connectivity index (χ0n) is 20.0. The maximum absolute atomic E-state index is 13.2. The Labute approximate surface area is 205 Å². The molecule has 2 N–H and O–H groups in total. The number of urea groups is 1. The number of carbonyl (C=O) groups excluding carboxylic acids is 2. The van der Waals surface area contributed by atoms with E-state index in [1.165, 1.54) is 0 Å². The SMILES string of the molecule is COc1cc2c(cc1OC)CN(C(=O)N[C@@H](Cc1ccccc1)C(=O)NCc1ccncc1)CC2. The normalized spacial score (nSPS) is 13.4. The Kier molecular flexibility index (Phi) is 7.82. The van der Waals surface area contributed by atoms with Crippen LogP contribution in [-0.2, 0) is 30.7 Å². The van der Waals surface area contributed by atoms with Gasteiger partial charge in [0.15, 0.2) is 11.5 Å². The third kappa shape index (κ3) is 6.09. The number of aromatic nitrogens is 1. The van der Waals surface area contributed by atoms with E-state index in [9.17, 15) is 9.59 Å². The van der Waals surface area contributed by atoms with Crippen LogP contribution in [0.2, 0.25) is 0 Å². The van der Waals surface area contributed by atoms with Crippen LogP contribution in [0.3, 0.4) is 0 Å². The number of hydrogen-bond acceptors (Lipinski definition) is 5. The van der Waals surface area contributed by atoms with Crippen LogP contribution in [-0.4, -0.2) is 48.6 Å². The summed E-state index contributed by atoms with van der Waals surface area (Å²) in [5.74, 6) is 1.08. The maximum Gasteiger partial charge on any atom is 0.318 e. The molecule has 0 fully saturated rings. The number of nitrogens with one attached hydrogen (secondary N) is 2. The van der Waals surface area contributed by atoms with Gasteiger partial charge in [-0.3, -0.25) is 9.78 Å². The van der Waals surface area contributed by atoms with Crippen molar-refractivity contribution in [3.8, 4) is 11.5 Å². The van der Waals surface area contributed by atoms with Crippen molar-refractivity contribution < 1.29 is 19.1 Å². The molecule has 0 radical (unpaired) electrons. The predicted octanol–water partition coefficient (Wildman–Crippen LogP) is 3.09. The molecule has 8 heteroatoms. The van der Waals surface area contributed by atoms with Gasteiger partial charge in [-0.15, -0.1) is 0 Å². The Balaban J connectivity index is 1.46. The molecule has 0 unspecified atom stereocenters. The molecule has 1 aliphatic rings. The molecule has 8 nitrogen and oxygen atoms in total. The summed E-state index contributed by atoms with van der Waals surface area (Å²) in [6.45, 7) is 1.34. The van der Waals surface area contributed by atoms with Gasteiger partial charge in [-0.25, -0.2) is 4.79 Å². The number of carbonyl (C=O) groups is 2. The molecule has 3 aromatic rings. The summed E-state index contributed by atoms with van der Waals surface area (Å²) in [4.78, 5) is 32.1. The Morgan fingerprint density at radius 1 is 0.971 bits per heavy atom. The standard InChI is InChI=1S/C27H30N4O4/c1-34-24-15-21-10-13-31(18-22(21)16-25(24)35-2)27(33)30-23(14-19-6-4-3-5-7-19)26(32)29-17-20-8-11-28-12-9-20/h3-9,11-12,15-16,23H,10,13-14,17-18H2,1-2H3,(H,29,32)(H,30,33)/t23-/m0/s1. The monoisotopic (exact) mass is 474 g/mol. The molecule has 1 aromatic heterocycles. The van der Waals surface area contributed by atoms with Gasteiger partial charge >= 0.3 is 6.03 Å². The number of fused-ring (bicyclic) bond motifs is 1. The van der Waals surface area contributed by atoms with Crippen molar-refractivity contribution in [2.45, 2.75) is 32.0 Å². The van der Waals surface area contributed by atoms with Crippen molar-refractivity contribution in [2.24, 2.45) is 0 Å². The second-order valence-corrected chi connectivity index (χ2v) is 8.41. The van der Waals surface area contributed by atoms with Crippen molar-refractivity contribution >= 4 is 11.9 Å². The number of hydrogen-bond donors (Lipinski definition) is 2. The van der Waals surface area contributed by atoms with E-state index in [2.05, 4.69) is 15.6 Å². The Hall–Kier alpha value is -4.07. The maximum atomic E-state index is 13.2. The molecule has 3 amide bonds. The molecule has 4 rings (SSSR count). The van der Waals surface area contributed by atoms with Gasteiger partial charge in [-0.05, 0) is 52.9 Å². The fourth-order valence-corrected chi connectivity index (χ4v) is 4.17. The third-order valence-electron chi connectivity index (χ3n) is 6.12. The van der Waals surface area contributed by atoms with Crippen LogP contribution in [0.15, 0.2) is 67.0 Å². The first kappa shape index (κ1) is 24.1. The molecule has 35 heavy (non-hydrogen) atoms.